The van der Waals surface area contributed by atoms with Crippen molar-refractivity contribution in [3.63, 3.8) is 0 Å². The van der Waals surface area contributed by atoms with Gasteiger partial charge in [-0.15, -0.1) is 18.2 Å². The van der Waals surface area contributed by atoms with E-state index in [4.69, 9.17) is 50.0 Å². The molecular formula is C55H59ClN2O10. The summed E-state index contributed by atoms with van der Waals surface area (Å²) >= 11 is 6.17. The molecule has 9 rings (SSSR count). The Kier molecular flexibility index (Phi) is 15.2. The van der Waals surface area contributed by atoms with Crippen molar-refractivity contribution in [3.05, 3.63) is 150 Å². The first-order valence-electron chi connectivity index (χ1n) is 23.7. The maximum absolute atomic E-state index is 14.8. The van der Waals surface area contributed by atoms with Gasteiger partial charge in [0.05, 0.1) is 24.1 Å². The second-order valence-electron chi connectivity index (χ2n) is 17.8. The molecule has 1 fully saturated rings. The third kappa shape index (κ3) is 10.1. The first kappa shape index (κ1) is 47.0. The fourth-order valence-corrected chi connectivity index (χ4v) is 10.7. The molecule has 1 amide bonds. The van der Waals surface area contributed by atoms with Crippen LogP contribution in [0.1, 0.15) is 67.6 Å². The summed E-state index contributed by atoms with van der Waals surface area (Å²) < 4.78 is 38.7. The van der Waals surface area contributed by atoms with E-state index in [1.807, 2.05) is 84.9 Å². The van der Waals surface area contributed by atoms with Gasteiger partial charge in [-0.25, -0.2) is 4.79 Å². The fourth-order valence-electron chi connectivity index (χ4n) is 10.6. The van der Waals surface area contributed by atoms with E-state index in [2.05, 4.69) is 36.9 Å². The summed E-state index contributed by atoms with van der Waals surface area (Å²) in [5, 5.41) is 27.3. The predicted octanol–water partition coefficient (Wildman–Crippen LogP) is 11.1. The summed E-state index contributed by atoms with van der Waals surface area (Å²) in [4.78, 5) is 22.7. The number of carbonyl (C=O) groups excluding carboxylic acids is 1. The molecule has 5 aromatic rings. The number of benzene rings is 5. The highest BCUT2D eigenvalue weighted by molar-refractivity contribution is 6.18. The van der Waals surface area contributed by atoms with E-state index < -0.39 is 23.8 Å². The molecule has 356 valence electrons. The molecule has 0 unspecified atom stereocenters. The fraction of sp³-hybridized carbons (Fsp3) is 0.382. The number of rotatable bonds is 21. The van der Waals surface area contributed by atoms with Crippen LogP contribution in [0.15, 0.2) is 139 Å². The third-order valence-electron chi connectivity index (χ3n) is 13.6. The smallest absolute Gasteiger partial charge is 0.410 e. The Balaban J connectivity index is 1.23. The Hall–Kier alpha value is -6.05. The predicted molar refractivity (Wildman–Crippen MR) is 260 cm³/mol. The third-order valence-corrected chi connectivity index (χ3v) is 13.7. The summed E-state index contributed by atoms with van der Waals surface area (Å²) in [5.41, 5.74) is 4.25. The van der Waals surface area contributed by atoms with Crippen molar-refractivity contribution in [3.8, 4) is 28.7 Å². The Morgan fingerprint density at radius 3 is 2.40 bits per heavy atom. The number of hydrogen-bond donors (Lipinski definition) is 2. The number of ether oxygens (including phenoxy) is 6. The molecule has 6 atom stereocenters. The van der Waals surface area contributed by atoms with Crippen LogP contribution in [0.4, 0.5) is 4.79 Å². The van der Waals surface area contributed by atoms with E-state index in [9.17, 15) is 15.0 Å². The molecule has 2 aliphatic heterocycles. The van der Waals surface area contributed by atoms with Crippen molar-refractivity contribution < 1.29 is 48.3 Å². The highest BCUT2D eigenvalue weighted by Crippen LogP contribution is 2.62. The van der Waals surface area contributed by atoms with Crippen molar-refractivity contribution in [2.75, 3.05) is 39.1 Å². The van der Waals surface area contributed by atoms with Gasteiger partial charge in [-0.1, -0.05) is 96.9 Å². The van der Waals surface area contributed by atoms with Gasteiger partial charge in [0.1, 0.15) is 36.5 Å². The summed E-state index contributed by atoms with van der Waals surface area (Å²) in [5.74, 6) is 0.971. The molecule has 0 spiro atoms. The molecule has 0 aromatic heterocycles. The van der Waals surface area contributed by atoms with E-state index >= 15 is 0 Å². The second kappa shape index (κ2) is 21.9. The topological polar surface area (TPSA) is 138 Å². The van der Waals surface area contributed by atoms with E-state index in [-0.39, 0.29) is 76.4 Å². The van der Waals surface area contributed by atoms with Crippen molar-refractivity contribution >= 4 is 34.2 Å². The standard InChI is InChI=1S/C55H59ClN2O10/c1-2-27-65-55-51(58(54(61)62-28-24-56)34-38-18-22-49-50(29-38)64-36-63-49)33-47(57-66-35-37-12-4-3-5-13-37)45-31-41(16-8-10-25-59)44(17-9-11-26-60)52(53(45)55)46-32-43(21-23-48(46)68-55)67-42-20-19-39-14-6-7-15-40(39)30-42/h2-7,12-15,18-23,29-32,41,44,51-53,59-60H,1,8-11,16-17,24-28,33-36H2/t41-,44+,51-,52+,53+,55+/m0/s1. The lowest BCUT2D eigenvalue weighted by Crippen LogP contribution is -2.70. The number of carbonyl (C=O) groups is 1. The minimum absolute atomic E-state index is 0.00927. The molecule has 1 saturated carbocycles. The maximum atomic E-state index is 14.8. The molecule has 0 saturated heterocycles. The van der Waals surface area contributed by atoms with Gasteiger partial charge in [0.25, 0.3) is 0 Å². The number of fused-ring (bicyclic) bond motifs is 4. The van der Waals surface area contributed by atoms with Crippen LogP contribution in [0.2, 0.25) is 0 Å². The molecule has 2 aliphatic carbocycles. The number of aliphatic hydroxyl groups excluding tert-OH is 2. The quantitative estimate of drug-likeness (QED) is 0.0316. The van der Waals surface area contributed by atoms with Gasteiger partial charge in [0.15, 0.2) is 11.5 Å². The molecule has 12 nitrogen and oxygen atoms in total. The zero-order valence-electron chi connectivity index (χ0n) is 38.2. The molecule has 4 aliphatic rings. The maximum Gasteiger partial charge on any atom is 0.410 e. The summed E-state index contributed by atoms with van der Waals surface area (Å²) in [6.07, 6.45) is 8.07. The van der Waals surface area contributed by atoms with E-state index in [1.54, 1.807) is 11.0 Å². The molecule has 5 aromatic carbocycles. The minimum atomic E-state index is -1.52. The molecular weight excluding hydrogens is 884 g/mol. The largest absolute Gasteiger partial charge is 0.459 e. The van der Waals surface area contributed by atoms with Crippen molar-refractivity contribution in [1.82, 2.24) is 4.90 Å². The van der Waals surface area contributed by atoms with Crippen molar-refractivity contribution in [1.29, 1.82) is 0 Å². The molecule has 2 heterocycles. The first-order valence-corrected chi connectivity index (χ1v) is 24.2. The number of amides is 1. The first-order chi connectivity index (χ1) is 33.4. The number of oxime groups is 1. The SMILES string of the molecule is C=CCO[C@@]12Oc3ccc(Oc4ccc5ccccc5c4)cc3[C@H]3[C@H](CCCCO)[C@@H](CCCCO)C=C(C(=NOCc4ccccc4)C[C@@H]1N(Cc1ccc4c(c1)OCO4)C(=O)OCCCl)[C@H]32. The lowest BCUT2D eigenvalue weighted by molar-refractivity contribution is -0.256. The van der Waals surface area contributed by atoms with Crippen LogP contribution in [-0.4, -0.2) is 77.8 Å². The number of halogens is 1. The normalized spacial score (nSPS) is 22.7. The van der Waals surface area contributed by atoms with Crippen LogP contribution < -0.4 is 18.9 Å². The van der Waals surface area contributed by atoms with E-state index in [1.165, 1.54) is 0 Å². The monoisotopic (exact) mass is 942 g/mol. The van der Waals surface area contributed by atoms with E-state index in [0.717, 1.165) is 58.7 Å². The van der Waals surface area contributed by atoms with Gasteiger partial charge in [0.2, 0.25) is 12.6 Å². The minimum Gasteiger partial charge on any atom is -0.459 e. The van der Waals surface area contributed by atoms with Crippen LogP contribution in [-0.2, 0) is 27.5 Å². The zero-order valence-corrected chi connectivity index (χ0v) is 38.9. The lowest BCUT2D eigenvalue weighted by Gasteiger charge is -2.59. The number of hydrogen-bond acceptors (Lipinski definition) is 11. The average molecular weight is 944 g/mol. The lowest BCUT2D eigenvalue weighted by atomic mass is 9.55. The second-order valence-corrected chi connectivity index (χ2v) is 18.1. The Labute approximate surface area is 402 Å². The molecule has 68 heavy (non-hydrogen) atoms. The van der Waals surface area contributed by atoms with Crippen LogP contribution in [0.25, 0.3) is 10.8 Å². The molecule has 13 heteroatoms. The number of allylic oxidation sites excluding steroid dienone is 1. The summed E-state index contributed by atoms with van der Waals surface area (Å²) in [6.45, 7) is 4.74. The van der Waals surface area contributed by atoms with Gasteiger partial charge in [0, 0.05) is 37.7 Å². The number of unbranched alkanes of at least 4 members (excludes halogenated alkanes) is 2. The number of nitrogens with zero attached hydrogens (tertiary/aromatic N) is 2. The number of aliphatic hydroxyl groups is 2. The highest BCUT2D eigenvalue weighted by atomic mass is 35.5. The number of alkyl halides is 1. The summed E-state index contributed by atoms with van der Waals surface area (Å²) in [6, 6.07) is 34.8. The van der Waals surface area contributed by atoms with Gasteiger partial charge in [-0.3, -0.25) is 4.90 Å². The molecule has 0 bridgehead atoms. The van der Waals surface area contributed by atoms with Crippen LogP contribution in [0, 0.1) is 17.8 Å². The molecule has 0 radical (unpaired) electrons. The Bertz CT molecular complexity index is 2600. The van der Waals surface area contributed by atoms with Crippen molar-refractivity contribution in [2.45, 2.75) is 75.8 Å². The Morgan fingerprint density at radius 2 is 1.59 bits per heavy atom. The highest BCUT2D eigenvalue weighted by Gasteiger charge is 2.65. The summed E-state index contributed by atoms with van der Waals surface area (Å²) in [7, 11) is 0. The van der Waals surface area contributed by atoms with Crippen molar-refractivity contribution in [2.24, 2.45) is 22.9 Å². The average Bonchev–Trinajstić information content (AvgIpc) is 3.84. The Morgan fingerprint density at radius 1 is 0.838 bits per heavy atom. The molecule has 2 N–H and O–H groups in total. The van der Waals surface area contributed by atoms with Crippen LogP contribution >= 0.6 is 11.6 Å². The van der Waals surface area contributed by atoms with Gasteiger partial charge in [-0.05, 0) is 107 Å². The van der Waals surface area contributed by atoms with Gasteiger partial charge >= 0.3 is 6.09 Å². The van der Waals surface area contributed by atoms with Crippen LogP contribution in [0.5, 0.6) is 28.7 Å². The van der Waals surface area contributed by atoms with E-state index in [0.29, 0.717) is 47.3 Å². The van der Waals surface area contributed by atoms with Crippen LogP contribution in [0.3, 0.4) is 0 Å². The van der Waals surface area contributed by atoms with Gasteiger partial charge < -0.3 is 43.5 Å². The zero-order chi connectivity index (χ0) is 46.9. The van der Waals surface area contributed by atoms with Gasteiger partial charge in [-0.2, -0.15) is 0 Å².